The summed E-state index contributed by atoms with van der Waals surface area (Å²) in [5.41, 5.74) is 2.93. The van der Waals surface area contributed by atoms with Crippen LogP contribution < -0.4 is 10.0 Å². The molecular weight excluding hydrogens is 480 g/mol. The van der Waals surface area contributed by atoms with Crippen molar-refractivity contribution in [3.8, 4) is 10.6 Å². The van der Waals surface area contributed by atoms with Crippen molar-refractivity contribution in [3.63, 3.8) is 0 Å². The van der Waals surface area contributed by atoms with E-state index < -0.39 is 15.9 Å². The lowest BCUT2D eigenvalue weighted by molar-refractivity contribution is 0.102. The molecule has 0 aliphatic carbocycles. The zero-order chi connectivity index (χ0) is 23.6. The summed E-state index contributed by atoms with van der Waals surface area (Å²) in [6.07, 6.45) is 0. The molecule has 0 fully saturated rings. The van der Waals surface area contributed by atoms with Crippen LogP contribution in [0.3, 0.4) is 0 Å². The number of sulfonamides is 1. The van der Waals surface area contributed by atoms with Gasteiger partial charge in [0.05, 0.1) is 10.6 Å². The highest BCUT2D eigenvalue weighted by atomic mass is 35.5. The molecule has 0 radical (unpaired) electrons. The number of nitrogens with one attached hydrogen (secondary N) is 2. The van der Waals surface area contributed by atoms with Crippen LogP contribution in [-0.2, 0) is 10.0 Å². The molecule has 168 valence electrons. The fourth-order valence-electron chi connectivity index (χ4n) is 3.06. The fourth-order valence-corrected chi connectivity index (χ4v) is 5.05. The van der Waals surface area contributed by atoms with Gasteiger partial charge in [-0.15, -0.1) is 10.2 Å². The first kappa shape index (κ1) is 22.9. The molecule has 0 saturated heterocycles. The number of hydrogen-bond acceptors (Lipinski definition) is 6. The molecule has 0 spiro atoms. The second-order valence-corrected chi connectivity index (χ2v) is 10.4. The van der Waals surface area contributed by atoms with E-state index in [4.69, 9.17) is 11.6 Å². The van der Waals surface area contributed by atoms with Crippen molar-refractivity contribution >= 4 is 49.7 Å². The summed E-state index contributed by atoms with van der Waals surface area (Å²) in [6, 6.07) is 18.5. The lowest BCUT2D eigenvalue weighted by Crippen LogP contribution is -2.17. The molecule has 4 aromatic rings. The van der Waals surface area contributed by atoms with E-state index in [1.807, 2.05) is 19.1 Å². The Labute approximate surface area is 200 Å². The molecule has 4 rings (SSSR count). The molecular formula is C23H19ClN4O3S2. The van der Waals surface area contributed by atoms with Crippen LogP contribution in [0.15, 0.2) is 71.6 Å². The number of rotatable bonds is 6. The Kier molecular flexibility index (Phi) is 6.46. The highest BCUT2D eigenvalue weighted by molar-refractivity contribution is 7.92. The van der Waals surface area contributed by atoms with Crippen LogP contribution in [0.2, 0.25) is 5.02 Å². The molecule has 1 aromatic heterocycles. The number of aryl methyl sites for hydroxylation is 1. The van der Waals surface area contributed by atoms with Crippen molar-refractivity contribution in [1.29, 1.82) is 0 Å². The highest BCUT2D eigenvalue weighted by Gasteiger charge is 2.19. The number of benzene rings is 3. The van der Waals surface area contributed by atoms with Gasteiger partial charge < -0.3 is 0 Å². The summed E-state index contributed by atoms with van der Waals surface area (Å²) in [7, 11) is -3.80. The Morgan fingerprint density at radius 1 is 0.939 bits per heavy atom. The van der Waals surface area contributed by atoms with Gasteiger partial charge in [-0.3, -0.25) is 14.8 Å². The lowest BCUT2D eigenvalue weighted by atomic mass is 10.1. The van der Waals surface area contributed by atoms with Crippen molar-refractivity contribution in [3.05, 3.63) is 88.4 Å². The van der Waals surface area contributed by atoms with Gasteiger partial charge in [-0.1, -0.05) is 58.8 Å². The molecule has 33 heavy (non-hydrogen) atoms. The van der Waals surface area contributed by atoms with E-state index in [0.717, 1.165) is 11.1 Å². The number of carbonyl (C=O) groups is 1. The van der Waals surface area contributed by atoms with E-state index >= 15 is 0 Å². The molecule has 2 N–H and O–H groups in total. The fraction of sp³-hybridized carbons (Fsp3) is 0.0870. The van der Waals surface area contributed by atoms with Crippen LogP contribution in [0.4, 0.5) is 10.8 Å². The predicted octanol–water partition coefficient (Wildman–Crippen LogP) is 5.53. The smallest absolute Gasteiger partial charge is 0.261 e. The van der Waals surface area contributed by atoms with E-state index in [1.165, 1.54) is 23.5 Å². The average Bonchev–Trinajstić information content (AvgIpc) is 3.24. The van der Waals surface area contributed by atoms with E-state index in [1.54, 1.807) is 49.4 Å². The van der Waals surface area contributed by atoms with Gasteiger partial charge in [0.2, 0.25) is 5.13 Å². The summed E-state index contributed by atoms with van der Waals surface area (Å²) in [4.78, 5) is 13.0. The molecule has 0 atom stereocenters. The minimum Gasteiger partial charge on any atom is -0.296 e. The number of anilines is 2. The first-order chi connectivity index (χ1) is 15.7. The van der Waals surface area contributed by atoms with Gasteiger partial charge in [0.15, 0.2) is 0 Å². The van der Waals surface area contributed by atoms with Crippen molar-refractivity contribution in [2.24, 2.45) is 0 Å². The molecule has 0 saturated carbocycles. The third-order valence-corrected chi connectivity index (χ3v) is 7.41. The van der Waals surface area contributed by atoms with Gasteiger partial charge in [0.1, 0.15) is 5.01 Å². The molecule has 0 aliphatic rings. The van der Waals surface area contributed by atoms with Crippen molar-refractivity contribution < 1.29 is 13.2 Å². The molecule has 1 heterocycles. The average molecular weight is 499 g/mol. The molecule has 0 bridgehead atoms. The van der Waals surface area contributed by atoms with Gasteiger partial charge in [-0.25, -0.2) is 8.42 Å². The Morgan fingerprint density at radius 3 is 2.33 bits per heavy atom. The maximum absolute atomic E-state index is 12.9. The van der Waals surface area contributed by atoms with Gasteiger partial charge in [0, 0.05) is 16.1 Å². The molecule has 0 aliphatic heterocycles. The third kappa shape index (κ3) is 5.22. The van der Waals surface area contributed by atoms with Crippen molar-refractivity contribution in [1.82, 2.24) is 10.2 Å². The highest BCUT2D eigenvalue weighted by Crippen LogP contribution is 2.28. The SMILES string of the molecule is Cc1ccc(S(=O)(=O)Nc2cccc(C(=O)Nc3nnc(-c4ccc(Cl)cc4)s3)c2C)cc1. The van der Waals surface area contributed by atoms with Crippen molar-refractivity contribution in [2.45, 2.75) is 18.7 Å². The van der Waals surface area contributed by atoms with Crippen LogP contribution in [0, 0.1) is 13.8 Å². The Hall–Kier alpha value is -3.27. The van der Waals surface area contributed by atoms with Gasteiger partial charge >= 0.3 is 0 Å². The van der Waals surface area contributed by atoms with Gasteiger partial charge in [-0.05, 0) is 55.8 Å². The van der Waals surface area contributed by atoms with Gasteiger partial charge in [0.25, 0.3) is 15.9 Å². The molecule has 1 amide bonds. The summed E-state index contributed by atoms with van der Waals surface area (Å²) in [5.74, 6) is -0.414. The zero-order valence-corrected chi connectivity index (χ0v) is 20.1. The summed E-state index contributed by atoms with van der Waals surface area (Å²) >= 11 is 7.14. The minimum atomic E-state index is -3.80. The largest absolute Gasteiger partial charge is 0.296 e. The number of nitrogens with zero attached hydrogens (tertiary/aromatic N) is 2. The molecule has 10 heteroatoms. The van der Waals surface area contributed by atoms with Crippen LogP contribution in [0.25, 0.3) is 10.6 Å². The van der Waals surface area contributed by atoms with E-state index in [2.05, 4.69) is 20.2 Å². The van der Waals surface area contributed by atoms with Crippen molar-refractivity contribution in [2.75, 3.05) is 10.0 Å². The van der Waals surface area contributed by atoms with Crippen LogP contribution in [0.5, 0.6) is 0 Å². The summed E-state index contributed by atoms with van der Waals surface area (Å²) in [6.45, 7) is 3.56. The Bertz CT molecular complexity index is 1420. The van der Waals surface area contributed by atoms with Crippen LogP contribution >= 0.6 is 22.9 Å². The second-order valence-electron chi connectivity index (χ2n) is 7.27. The number of halogens is 1. The van der Waals surface area contributed by atoms with Crippen LogP contribution in [-0.4, -0.2) is 24.5 Å². The third-order valence-electron chi connectivity index (χ3n) is 4.89. The minimum absolute atomic E-state index is 0.144. The van der Waals surface area contributed by atoms with E-state index in [0.29, 0.717) is 32.0 Å². The monoisotopic (exact) mass is 498 g/mol. The molecule has 3 aromatic carbocycles. The lowest BCUT2D eigenvalue weighted by Gasteiger charge is -2.13. The number of aromatic nitrogens is 2. The first-order valence-electron chi connectivity index (χ1n) is 9.83. The quantitative estimate of drug-likeness (QED) is 0.364. The molecule has 7 nitrogen and oxygen atoms in total. The van der Waals surface area contributed by atoms with E-state index in [-0.39, 0.29) is 4.90 Å². The summed E-state index contributed by atoms with van der Waals surface area (Å²) < 4.78 is 28.1. The zero-order valence-electron chi connectivity index (χ0n) is 17.7. The number of amides is 1. The Balaban J connectivity index is 1.53. The predicted molar refractivity (Wildman–Crippen MR) is 131 cm³/mol. The summed E-state index contributed by atoms with van der Waals surface area (Å²) in [5, 5.41) is 12.5. The number of hydrogen-bond donors (Lipinski definition) is 2. The maximum atomic E-state index is 12.9. The maximum Gasteiger partial charge on any atom is 0.261 e. The number of carbonyl (C=O) groups excluding carboxylic acids is 1. The first-order valence-corrected chi connectivity index (χ1v) is 12.5. The standard InChI is InChI=1S/C23H19ClN4O3S2/c1-14-6-12-18(13-7-14)33(30,31)28-20-5-3-4-19(15(20)2)21(29)25-23-27-26-22(32-23)16-8-10-17(24)11-9-16/h3-13,28H,1-2H3,(H,25,27,29). The van der Waals surface area contributed by atoms with Gasteiger partial charge in [-0.2, -0.15) is 0 Å². The van der Waals surface area contributed by atoms with Crippen LogP contribution in [0.1, 0.15) is 21.5 Å². The topological polar surface area (TPSA) is 101 Å². The normalized spacial score (nSPS) is 11.2. The molecule has 0 unspecified atom stereocenters. The Morgan fingerprint density at radius 2 is 1.64 bits per heavy atom. The van der Waals surface area contributed by atoms with E-state index in [9.17, 15) is 13.2 Å². The second kappa shape index (κ2) is 9.30.